The fourth-order valence-corrected chi connectivity index (χ4v) is 4.28. The number of alkyl halides is 3. The molecule has 0 aromatic heterocycles. The van der Waals surface area contributed by atoms with Crippen molar-refractivity contribution in [1.82, 2.24) is 4.90 Å². The fourth-order valence-electron chi connectivity index (χ4n) is 4.28. The second-order valence-electron chi connectivity index (χ2n) is 8.02. The molecule has 0 N–H and O–H groups in total. The van der Waals surface area contributed by atoms with E-state index in [-0.39, 0.29) is 0 Å². The fraction of sp³-hybridized carbons (Fsp3) is 0.259. The van der Waals surface area contributed by atoms with Crippen molar-refractivity contribution in [3.05, 3.63) is 113 Å². The Labute approximate surface area is 181 Å². The summed E-state index contributed by atoms with van der Waals surface area (Å²) in [5.74, 6) is 0.330. The van der Waals surface area contributed by atoms with Gasteiger partial charge in [0, 0.05) is 19.0 Å². The van der Waals surface area contributed by atoms with Crippen LogP contribution in [-0.4, -0.2) is 24.5 Å². The van der Waals surface area contributed by atoms with Crippen molar-refractivity contribution < 1.29 is 13.2 Å². The zero-order chi connectivity index (χ0) is 21.7. The summed E-state index contributed by atoms with van der Waals surface area (Å²) < 4.78 is 39.1. The molecule has 0 unspecified atom stereocenters. The quantitative estimate of drug-likeness (QED) is 0.413. The highest BCUT2D eigenvalue weighted by Crippen LogP contribution is 2.33. The third kappa shape index (κ3) is 5.45. The summed E-state index contributed by atoms with van der Waals surface area (Å²) in [4.78, 5) is 2.38. The standard InChI is InChI=1S/C27H26F3N/c28-27(29,30)25-13-7-12-24(20-25)21-14-17-31(18-15-21)19-16-26(22-8-3-1-4-9-22)23-10-5-2-6-11-23/h1-14,20,26H,15-19H2. The maximum atomic E-state index is 13.0. The van der Waals surface area contributed by atoms with Gasteiger partial charge in [0.2, 0.25) is 0 Å². The van der Waals surface area contributed by atoms with Crippen molar-refractivity contribution in [2.75, 3.05) is 19.6 Å². The minimum absolute atomic E-state index is 0.330. The lowest BCUT2D eigenvalue weighted by molar-refractivity contribution is -0.137. The summed E-state index contributed by atoms with van der Waals surface area (Å²) >= 11 is 0. The molecule has 0 atom stereocenters. The Balaban J connectivity index is 1.43. The average Bonchev–Trinajstić information content (AvgIpc) is 2.81. The monoisotopic (exact) mass is 421 g/mol. The number of hydrogen-bond donors (Lipinski definition) is 0. The smallest absolute Gasteiger partial charge is 0.299 e. The molecule has 4 rings (SSSR count). The van der Waals surface area contributed by atoms with E-state index in [0.29, 0.717) is 11.5 Å². The molecule has 1 heterocycles. The second-order valence-corrected chi connectivity index (χ2v) is 8.02. The highest BCUT2D eigenvalue weighted by molar-refractivity contribution is 5.67. The van der Waals surface area contributed by atoms with Crippen molar-refractivity contribution in [2.45, 2.75) is 24.9 Å². The van der Waals surface area contributed by atoms with Crippen LogP contribution < -0.4 is 0 Å². The third-order valence-corrected chi connectivity index (χ3v) is 5.99. The van der Waals surface area contributed by atoms with Gasteiger partial charge in [-0.15, -0.1) is 0 Å². The first-order valence-electron chi connectivity index (χ1n) is 10.7. The summed E-state index contributed by atoms with van der Waals surface area (Å²) in [5.41, 5.74) is 3.73. The van der Waals surface area contributed by atoms with Crippen LogP contribution in [0.5, 0.6) is 0 Å². The third-order valence-electron chi connectivity index (χ3n) is 5.99. The van der Waals surface area contributed by atoms with Gasteiger partial charge >= 0.3 is 6.18 Å². The molecule has 0 spiro atoms. The molecule has 31 heavy (non-hydrogen) atoms. The van der Waals surface area contributed by atoms with Gasteiger partial charge in [-0.2, -0.15) is 13.2 Å². The van der Waals surface area contributed by atoms with E-state index in [2.05, 4.69) is 59.5 Å². The molecule has 0 saturated heterocycles. The van der Waals surface area contributed by atoms with Crippen LogP contribution in [0.4, 0.5) is 13.2 Å². The Morgan fingerprint density at radius 1 is 0.806 bits per heavy atom. The average molecular weight is 422 g/mol. The summed E-state index contributed by atoms with van der Waals surface area (Å²) in [6.07, 6.45) is -0.455. The van der Waals surface area contributed by atoms with Crippen molar-refractivity contribution >= 4 is 5.57 Å². The van der Waals surface area contributed by atoms with Crippen LogP contribution in [-0.2, 0) is 6.18 Å². The van der Waals surface area contributed by atoms with Gasteiger partial charge in [0.05, 0.1) is 5.56 Å². The number of rotatable bonds is 6. The maximum absolute atomic E-state index is 13.0. The first-order chi connectivity index (χ1) is 15.0. The van der Waals surface area contributed by atoms with E-state index in [4.69, 9.17) is 0 Å². The van der Waals surface area contributed by atoms with Crippen LogP contribution in [0.15, 0.2) is 91.0 Å². The van der Waals surface area contributed by atoms with E-state index >= 15 is 0 Å². The van der Waals surface area contributed by atoms with Gasteiger partial charge in [0.15, 0.2) is 0 Å². The first-order valence-corrected chi connectivity index (χ1v) is 10.7. The van der Waals surface area contributed by atoms with Crippen molar-refractivity contribution in [1.29, 1.82) is 0 Å². The first kappa shape index (κ1) is 21.4. The van der Waals surface area contributed by atoms with E-state index in [0.717, 1.165) is 44.1 Å². The zero-order valence-electron chi connectivity index (χ0n) is 17.4. The van der Waals surface area contributed by atoms with Crippen LogP contribution in [0.2, 0.25) is 0 Å². The molecule has 1 nitrogen and oxygen atoms in total. The lowest BCUT2D eigenvalue weighted by Crippen LogP contribution is -2.30. The Bertz CT molecular complexity index is 970. The maximum Gasteiger partial charge on any atom is 0.416 e. The van der Waals surface area contributed by atoms with Crippen LogP contribution in [0.1, 0.15) is 41.0 Å². The molecule has 1 aliphatic rings. The SMILES string of the molecule is FC(F)(F)c1cccc(C2=CCN(CCC(c3ccccc3)c3ccccc3)CC2)c1. The molecule has 0 saturated carbocycles. The minimum Gasteiger partial charge on any atom is -0.299 e. The molecule has 0 bridgehead atoms. The zero-order valence-corrected chi connectivity index (χ0v) is 17.4. The van der Waals surface area contributed by atoms with Crippen molar-refractivity contribution in [2.24, 2.45) is 0 Å². The van der Waals surface area contributed by atoms with Gasteiger partial charge in [0.1, 0.15) is 0 Å². The van der Waals surface area contributed by atoms with Gasteiger partial charge in [0.25, 0.3) is 0 Å². The molecule has 0 radical (unpaired) electrons. The van der Waals surface area contributed by atoms with Gasteiger partial charge in [-0.05, 0) is 53.8 Å². The molecule has 0 aliphatic carbocycles. The highest BCUT2D eigenvalue weighted by Gasteiger charge is 2.30. The Morgan fingerprint density at radius 2 is 1.45 bits per heavy atom. The minimum atomic E-state index is -4.30. The highest BCUT2D eigenvalue weighted by atomic mass is 19.4. The lowest BCUT2D eigenvalue weighted by Gasteiger charge is -2.28. The molecular weight excluding hydrogens is 395 g/mol. The molecule has 4 heteroatoms. The van der Waals surface area contributed by atoms with Crippen LogP contribution >= 0.6 is 0 Å². The van der Waals surface area contributed by atoms with Crippen LogP contribution in [0.25, 0.3) is 5.57 Å². The Morgan fingerprint density at radius 3 is 2.00 bits per heavy atom. The number of hydrogen-bond acceptors (Lipinski definition) is 1. The van der Waals surface area contributed by atoms with Crippen molar-refractivity contribution in [3.8, 4) is 0 Å². The van der Waals surface area contributed by atoms with E-state index < -0.39 is 11.7 Å². The van der Waals surface area contributed by atoms with Gasteiger partial charge < -0.3 is 0 Å². The van der Waals surface area contributed by atoms with E-state index in [9.17, 15) is 13.2 Å². The van der Waals surface area contributed by atoms with E-state index in [1.54, 1.807) is 6.07 Å². The van der Waals surface area contributed by atoms with E-state index in [1.807, 2.05) is 12.1 Å². The van der Waals surface area contributed by atoms with Gasteiger partial charge in [-0.1, -0.05) is 78.9 Å². The Hall–Kier alpha value is -2.85. The molecule has 0 amide bonds. The normalized spacial score (nSPS) is 15.2. The van der Waals surface area contributed by atoms with Gasteiger partial charge in [-0.3, -0.25) is 4.90 Å². The molecule has 3 aromatic carbocycles. The summed E-state index contributed by atoms with van der Waals surface area (Å²) in [5, 5.41) is 0. The van der Waals surface area contributed by atoms with E-state index in [1.165, 1.54) is 23.3 Å². The molecular formula is C27H26F3N. The number of nitrogens with zero attached hydrogens (tertiary/aromatic N) is 1. The van der Waals surface area contributed by atoms with Gasteiger partial charge in [-0.25, -0.2) is 0 Å². The topological polar surface area (TPSA) is 3.24 Å². The molecule has 0 fully saturated rings. The van der Waals surface area contributed by atoms with Crippen LogP contribution in [0.3, 0.4) is 0 Å². The van der Waals surface area contributed by atoms with Crippen LogP contribution in [0, 0.1) is 0 Å². The summed E-state index contributed by atoms with van der Waals surface area (Å²) in [7, 11) is 0. The second kappa shape index (κ2) is 9.52. The lowest BCUT2D eigenvalue weighted by atomic mass is 9.88. The number of halogens is 3. The number of benzene rings is 3. The predicted molar refractivity (Wildman–Crippen MR) is 120 cm³/mol. The molecule has 160 valence electrons. The summed E-state index contributed by atoms with van der Waals surface area (Å²) in [6, 6.07) is 26.8. The van der Waals surface area contributed by atoms with Crippen molar-refractivity contribution in [3.63, 3.8) is 0 Å². The molecule has 1 aliphatic heterocycles. The largest absolute Gasteiger partial charge is 0.416 e. The molecule has 3 aromatic rings. The Kier molecular flexibility index (Phi) is 6.57. The summed E-state index contributed by atoms with van der Waals surface area (Å²) in [6.45, 7) is 2.57. The predicted octanol–water partition coefficient (Wildman–Crippen LogP) is 7.02.